The van der Waals surface area contributed by atoms with E-state index in [1.807, 2.05) is 0 Å². The molecule has 0 saturated heterocycles. The molecule has 6 aromatic carbocycles. The smallest absolute Gasteiger partial charge is 0 e. The van der Waals surface area contributed by atoms with Gasteiger partial charge in [0, 0.05) is 20.1 Å². The standard InChI is InChI=1S/2C18H15P.Cl2NO.Ir/c2*1-4-10-16(11-5-1)19(17-12-6-2-7-13-17)18-14-8-3-9-15-18;1-3(2)4;/h2*1-15H;;/q;;-1;. The Hall–Kier alpha value is -2.67. The summed E-state index contributed by atoms with van der Waals surface area (Å²) in [5.41, 5.74) is 0. The van der Waals surface area contributed by atoms with Crippen molar-refractivity contribution >= 4 is 71.2 Å². The van der Waals surface area contributed by atoms with Gasteiger partial charge in [-0.1, -0.05) is 182 Å². The first kappa shape index (κ1) is 34.8. The summed E-state index contributed by atoms with van der Waals surface area (Å²) in [7, 11) is -0.892. The quantitative estimate of drug-likeness (QED) is 0.0970. The number of hydrogen-bond donors (Lipinski definition) is 0. The molecule has 0 spiro atoms. The number of hydrogen-bond acceptors (Lipinski definition) is 2. The van der Waals surface area contributed by atoms with Crippen molar-refractivity contribution in [2.45, 2.75) is 0 Å². The maximum atomic E-state index is 8.89. The van der Waals surface area contributed by atoms with Gasteiger partial charge in [-0.25, -0.2) is 4.10 Å². The van der Waals surface area contributed by atoms with Crippen molar-refractivity contribution in [3.8, 4) is 0 Å². The number of halogens is 2. The zero-order valence-electron chi connectivity index (χ0n) is 23.2. The summed E-state index contributed by atoms with van der Waals surface area (Å²) in [5, 5.41) is 17.3. The van der Waals surface area contributed by atoms with Crippen LogP contribution in [0.2, 0.25) is 0 Å². The van der Waals surface area contributed by atoms with E-state index >= 15 is 0 Å². The molecule has 6 aromatic rings. The third-order valence-electron chi connectivity index (χ3n) is 6.09. The summed E-state index contributed by atoms with van der Waals surface area (Å²) in [6.45, 7) is 0. The molecule has 7 heteroatoms. The maximum Gasteiger partial charge on any atom is 0 e. The third kappa shape index (κ3) is 11.4. The Morgan fingerprint density at radius 2 is 0.442 bits per heavy atom. The summed E-state index contributed by atoms with van der Waals surface area (Å²) in [4.78, 5) is 0. The number of rotatable bonds is 6. The van der Waals surface area contributed by atoms with Crippen molar-refractivity contribution in [2.24, 2.45) is 0 Å². The van der Waals surface area contributed by atoms with E-state index in [-0.39, 0.29) is 24.2 Å². The predicted octanol–water partition coefficient (Wildman–Crippen LogP) is 7.98. The fourth-order valence-electron chi connectivity index (χ4n) is 4.36. The van der Waals surface area contributed by atoms with Crippen LogP contribution < -0.4 is 31.8 Å². The third-order valence-corrected chi connectivity index (χ3v) is 11.0. The molecule has 0 aliphatic heterocycles. The van der Waals surface area contributed by atoms with Crippen molar-refractivity contribution in [3.05, 3.63) is 187 Å². The van der Waals surface area contributed by atoms with Gasteiger partial charge in [0.1, 0.15) is 0 Å². The van der Waals surface area contributed by atoms with Crippen molar-refractivity contribution in [1.29, 1.82) is 0 Å². The van der Waals surface area contributed by atoms with Crippen molar-refractivity contribution in [2.75, 3.05) is 0 Å². The van der Waals surface area contributed by atoms with E-state index < -0.39 is 15.8 Å². The van der Waals surface area contributed by atoms with E-state index in [1.165, 1.54) is 31.8 Å². The molecule has 0 aliphatic carbocycles. The van der Waals surface area contributed by atoms with Gasteiger partial charge >= 0.3 is 0 Å². The Morgan fingerprint density at radius 1 is 0.326 bits per heavy atom. The molecule has 1 radical (unpaired) electrons. The second-order valence-corrected chi connectivity index (χ2v) is 14.1. The van der Waals surface area contributed by atoms with Gasteiger partial charge in [-0.2, -0.15) is 0 Å². The van der Waals surface area contributed by atoms with Crippen LogP contribution in [-0.2, 0) is 20.1 Å². The Morgan fingerprint density at radius 3 is 0.558 bits per heavy atom. The molecule has 219 valence electrons. The van der Waals surface area contributed by atoms with E-state index in [0.29, 0.717) is 0 Å². The van der Waals surface area contributed by atoms with E-state index in [2.05, 4.69) is 206 Å². The first-order valence-electron chi connectivity index (χ1n) is 13.3. The molecule has 6 rings (SSSR count). The Balaban J connectivity index is 0.000000206. The SMILES string of the molecule is [Ir].[O-]N(Cl)Cl.c1ccc(P(c2ccccc2)c2ccccc2)cc1.c1ccc(P(c2ccccc2)c2ccccc2)cc1. The van der Waals surface area contributed by atoms with E-state index in [0.717, 1.165) is 0 Å². The minimum absolute atomic E-state index is 0. The van der Waals surface area contributed by atoms with Gasteiger partial charge < -0.3 is 5.21 Å². The van der Waals surface area contributed by atoms with E-state index in [1.54, 1.807) is 0 Å². The average Bonchev–Trinajstić information content (AvgIpc) is 3.05. The minimum atomic E-state index is -0.446. The van der Waals surface area contributed by atoms with Crippen LogP contribution in [0, 0.1) is 5.21 Å². The molecule has 0 amide bonds. The molecule has 0 aliphatic rings. The summed E-state index contributed by atoms with van der Waals surface area (Å²) >= 11 is 8.64. The summed E-state index contributed by atoms with van der Waals surface area (Å²) in [5.74, 6) is 0. The first-order chi connectivity index (χ1) is 20.6. The molecule has 0 atom stereocenters. The van der Waals surface area contributed by atoms with Gasteiger partial charge in [0.25, 0.3) is 0 Å². The maximum absolute atomic E-state index is 8.89. The predicted molar refractivity (Wildman–Crippen MR) is 187 cm³/mol. The van der Waals surface area contributed by atoms with Gasteiger partial charge in [-0.05, 0) is 71.2 Å². The molecular weight excluding hydrogens is 787 g/mol. The van der Waals surface area contributed by atoms with Gasteiger partial charge in [0.15, 0.2) is 0 Å². The van der Waals surface area contributed by atoms with Crippen LogP contribution in [0.1, 0.15) is 0 Å². The van der Waals surface area contributed by atoms with Crippen LogP contribution >= 0.6 is 39.4 Å². The fraction of sp³-hybridized carbons (Fsp3) is 0. The largest absolute Gasteiger partial charge is 0.757 e. The van der Waals surface area contributed by atoms with E-state index in [4.69, 9.17) is 5.21 Å². The second-order valence-electron chi connectivity index (χ2n) is 8.89. The molecule has 0 N–H and O–H groups in total. The molecule has 0 fully saturated rings. The monoisotopic (exact) mass is 817 g/mol. The summed E-state index contributed by atoms with van der Waals surface area (Å²) in [6, 6.07) is 64.7. The topological polar surface area (TPSA) is 26.3 Å². The van der Waals surface area contributed by atoms with Crippen LogP contribution in [0.5, 0.6) is 0 Å². The summed E-state index contributed by atoms with van der Waals surface area (Å²) in [6.07, 6.45) is 0. The molecule has 0 bridgehead atoms. The zero-order chi connectivity index (χ0) is 29.4. The van der Waals surface area contributed by atoms with Crippen LogP contribution in [0.3, 0.4) is 0 Å². The molecule has 0 heterocycles. The average molecular weight is 818 g/mol. The normalized spacial score (nSPS) is 10.2. The minimum Gasteiger partial charge on any atom is -0.757 e. The van der Waals surface area contributed by atoms with Gasteiger partial charge in [-0.3, -0.25) is 0 Å². The first-order valence-corrected chi connectivity index (χ1v) is 16.7. The molecule has 0 saturated carbocycles. The van der Waals surface area contributed by atoms with Crippen molar-refractivity contribution in [3.63, 3.8) is 0 Å². The van der Waals surface area contributed by atoms with Crippen molar-refractivity contribution < 1.29 is 20.1 Å². The van der Waals surface area contributed by atoms with Crippen LogP contribution in [0.4, 0.5) is 0 Å². The van der Waals surface area contributed by atoms with Crippen molar-refractivity contribution in [1.82, 2.24) is 4.10 Å². The molecule has 43 heavy (non-hydrogen) atoms. The molecule has 2 nitrogen and oxygen atoms in total. The van der Waals surface area contributed by atoms with Crippen LogP contribution in [0.15, 0.2) is 182 Å². The number of nitrogens with zero attached hydrogens (tertiary/aromatic N) is 1. The molecular formula is C36H30Cl2IrNOP2-. The van der Waals surface area contributed by atoms with Crippen LogP contribution in [0.25, 0.3) is 0 Å². The molecule has 0 aromatic heterocycles. The molecule has 0 unspecified atom stereocenters. The second kappa shape index (κ2) is 19.6. The zero-order valence-corrected chi connectivity index (χ0v) is 28.9. The number of benzene rings is 6. The summed E-state index contributed by atoms with van der Waals surface area (Å²) < 4.78 is -0.306. The Kier molecular flexibility index (Phi) is 15.8. The van der Waals surface area contributed by atoms with Gasteiger partial charge in [0.05, 0.1) is 0 Å². The van der Waals surface area contributed by atoms with Gasteiger partial charge in [0.2, 0.25) is 0 Å². The fourth-order valence-corrected chi connectivity index (χ4v) is 8.97. The van der Waals surface area contributed by atoms with Gasteiger partial charge in [-0.15, -0.1) is 0 Å². The van der Waals surface area contributed by atoms with Crippen LogP contribution in [-0.4, -0.2) is 4.10 Å². The Bertz CT molecular complexity index is 1240. The van der Waals surface area contributed by atoms with E-state index in [9.17, 15) is 0 Å². The Labute approximate surface area is 281 Å².